The predicted octanol–water partition coefficient (Wildman–Crippen LogP) is -2.21. The van der Waals surface area contributed by atoms with Gasteiger partial charge >= 0.3 is 20.8 Å². The average molecular weight is 312 g/mol. The summed E-state index contributed by atoms with van der Waals surface area (Å²) >= 11 is 0. The van der Waals surface area contributed by atoms with Crippen molar-refractivity contribution in [3.05, 3.63) is 0 Å². The van der Waals surface area contributed by atoms with Gasteiger partial charge in [0.2, 0.25) is 0 Å². The molecule has 10 nitrogen and oxygen atoms in total. The van der Waals surface area contributed by atoms with Crippen molar-refractivity contribution in [2.45, 2.75) is 12.2 Å². The molecule has 1 heterocycles. The molecular weight excluding hydrogens is 304 g/mol. The second kappa shape index (κ2) is 4.42. The first-order chi connectivity index (χ1) is 7.38. The van der Waals surface area contributed by atoms with E-state index in [0.29, 0.717) is 0 Å². The molecule has 0 bridgehead atoms. The molecule has 0 aliphatic carbocycles. The molecule has 0 saturated carbocycles. The summed E-state index contributed by atoms with van der Waals surface area (Å²) in [5.74, 6) is -1.71. The van der Waals surface area contributed by atoms with Crippen LogP contribution in [0.25, 0.3) is 0 Å². The third-order valence-electron chi connectivity index (χ3n) is 1.74. The summed E-state index contributed by atoms with van der Waals surface area (Å²) in [6, 6.07) is 0. The molecule has 0 radical (unpaired) electrons. The number of sulfone groups is 1. The molecule has 1 aliphatic heterocycles. The maximum absolute atomic E-state index is 11.1. The first kappa shape index (κ1) is 14.7. The van der Waals surface area contributed by atoms with Crippen LogP contribution in [0.5, 0.6) is 0 Å². The van der Waals surface area contributed by atoms with E-state index in [-0.39, 0.29) is 0 Å². The van der Waals surface area contributed by atoms with Crippen LogP contribution in [-0.2, 0) is 39.0 Å². The fraction of sp³-hybridized carbons (Fsp3) is 1.00. The Labute approximate surface area is 97.4 Å². The third-order valence-corrected chi connectivity index (χ3v) is 4.40. The van der Waals surface area contributed by atoms with Crippen molar-refractivity contribution in [1.82, 2.24) is 0 Å². The highest BCUT2D eigenvalue weighted by Gasteiger charge is 2.44. The number of hydrogen-bond acceptors (Lipinski definition) is 8. The standard InChI is InChI=1S/C4H8O10S3/c5-15(6)1-3(13-16(7,8)9)4(2-15)14-17(10,11)12/h3-4H,1-2H2,(H,7,8,9)(H,10,11,12). The average Bonchev–Trinajstić information content (AvgIpc) is 2.17. The molecule has 0 aromatic carbocycles. The molecule has 17 heavy (non-hydrogen) atoms. The monoisotopic (exact) mass is 312 g/mol. The molecule has 0 amide bonds. The summed E-state index contributed by atoms with van der Waals surface area (Å²) in [5.41, 5.74) is 0. The van der Waals surface area contributed by atoms with Gasteiger partial charge in [-0.25, -0.2) is 16.8 Å². The molecule has 0 aromatic heterocycles. The largest absolute Gasteiger partial charge is 0.397 e. The van der Waals surface area contributed by atoms with Gasteiger partial charge in [0.1, 0.15) is 12.2 Å². The lowest BCUT2D eigenvalue weighted by Crippen LogP contribution is -2.33. The van der Waals surface area contributed by atoms with Crippen LogP contribution in [0.2, 0.25) is 0 Å². The Morgan fingerprint density at radius 3 is 1.41 bits per heavy atom. The van der Waals surface area contributed by atoms with Crippen molar-refractivity contribution in [2.24, 2.45) is 0 Å². The van der Waals surface area contributed by atoms with Crippen molar-refractivity contribution >= 4 is 30.6 Å². The SMILES string of the molecule is O=S1(=O)CC(OS(=O)(=O)O)C(OS(=O)(=O)O)C1. The van der Waals surface area contributed by atoms with Gasteiger partial charge in [0, 0.05) is 0 Å². The van der Waals surface area contributed by atoms with Gasteiger partial charge in [0.05, 0.1) is 11.5 Å². The molecule has 0 aromatic rings. The van der Waals surface area contributed by atoms with E-state index in [0.717, 1.165) is 0 Å². The zero-order valence-electron chi connectivity index (χ0n) is 7.95. The minimum Gasteiger partial charge on any atom is -0.264 e. The highest BCUT2D eigenvalue weighted by Crippen LogP contribution is 2.21. The molecule has 1 rings (SSSR count). The zero-order chi connectivity index (χ0) is 13.5. The summed E-state index contributed by atoms with van der Waals surface area (Å²) in [6.45, 7) is 0. The third kappa shape index (κ3) is 5.24. The van der Waals surface area contributed by atoms with E-state index in [1.807, 2.05) is 0 Å². The molecule has 0 spiro atoms. The van der Waals surface area contributed by atoms with Crippen LogP contribution in [0.1, 0.15) is 0 Å². The Bertz CT molecular complexity index is 533. The minimum absolute atomic E-state index is 0.854. The van der Waals surface area contributed by atoms with E-state index in [1.165, 1.54) is 0 Å². The first-order valence-corrected chi connectivity index (χ1v) is 8.45. The molecule has 1 aliphatic rings. The highest BCUT2D eigenvalue weighted by molar-refractivity contribution is 7.91. The summed E-state index contributed by atoms with van der Waals surface area (Å²) < 4.78 is 88.3. The van der Waals surface area contributed by atoms with E-state index in [2.05, 4.69) is 8.37 Å². The molecule has 2 N–H and O–H groups in total. The maximum atomic E-state index is 11.1. The fourth-order valence-electron chi connectivity index (χ4n) is 1.28. The number of rotatable bonds is 4. The molecular formula is C4H8O10S3. The van der Waals surface area contributed by atoms with Crippen molar-refractivity contribution in [1.29, 1.82) is 0 Å². The van der Waals surface area contributed by atoms with Crippen molar-refractivity contribution in [2.75, 3.05) is 11.5 Å². The van der Waals surface area contributed by atoms with Crippen molar-refractivity contribution in [3.8, 4) is 0 Å². The van der Waals surface area contributed by atoms with Crippen LogP contribution < -0.4 is 0 Å². The van der Waals surface area contributed by atoms with Crippen molar-refractivity contribution < 1.29 is 42.7 Å². The summed E-state index contributed by atoms with van der Waals surface area (Å²) in [6.07, 6.45) is -3.48. The predicted molar refractivity (Wildman–Crippen MR) is 51.5 cm³/mol. The molecule has 2 unspecified atom stereocenters. The zero-order valence-corrected chi connectivity index (χ0v) is 10.4. The Morgan fingerprint density at radius 2 is 1.18 bits per heavy atom. The lowest BCUT2D eigenvalue weighted by molar-refractivity contribution is 0.0807. The van der Waals surface area contributed by atoms with Gasteiger partial charge in [0.25, 0.3) is 0 Å². The van der Waals surface area contributed by atoms with Crippen LogP contribution in [0.15, 0.2) is 0 Å². The van der Waals surface area contributed by atoms with Crippen LogP contribution in [0.4, 0.5) is 0 Å². The van der Waals surface area contributed by atoms with Crippen LogP contribution >= 0.6 is 0 Å². The van der Waals surface area contributed by atoms with Gasteiger partial charge in [0.15, 0.2) is 9.84 Å². The topological polar surface area (TPSA) is 161 Å². The van der Waals surface area contributed by atoms with Gasteiger partial charge in [-0.05, 0) is 0 Å². The molecule has 13 heteroatoms. The van der Waals surface area contributed by atoms with Gasteiger partial charge < -0.3 is 0 Å². The smallest absolute Gasteiger partial charge is 0.264 e. The summed E-state index contributed by atoms with van der Waals surface area (Å²) in [4.78, 5) is 0. The molecule has 102 valence electrons. The van der Waals surface area contributed by atoms with Crippen LogP contribution in [0.3, 0.4) is 0 Å². The summed E-state index contributed by atoms with van der Waals surface area (Å²) in [7, 11) is -13.7. The van der Waals surface area contributed by atoms with Gasteiger partial charge in [-0.3, -0.25) is 9.11 Å². The number of hydrogen-bond donors (Lipinski definition) is 2. The second-order valence-corrected chi connectivity index (χ2v) is 7.45. The van der Waals surface area contributed by atoms with Crippen LogP contribution in [0, 0.1) is 0 Å². The van der Waals surface area contributed by atoms with Gasteiger partial charge in [-0.15, -0.1) is 0 Å². The molecule has 2 atom stereocenters. The molecule has 1 saturated heterocycles. The van der Waals surface area contributed by atoms with Crippen LogP contribution in [-0.4, -0.2) is 58.1 Å². The Balaban J connectivity index is 2.94. The Morgan fingerprint density at radius 1 is 0.882 bits per heavy atom. The Kier molecular flexibility index (Phi) is 3.83. The normalized spacial score (nSPS) is 29.3. The summed E-state index contributed by atoms with van der Waals surface area (Å²) in [5, 5.41) is 0. The minimum atomic E-state index is -4.97. The quantitative estimate of drug-likeness (QED) is 0.544. The van der Waals surface area contributed by atoms with E-state index < -0.39 is 54.3 Å². The molecule has 1 fully saturated rings. The lowest BCUT2D eigenvalue weighted by Gasteiger charge is -2.14. The van der Waals surface area contributed by atoms with E-state index in [1.54, 1.807) is 0 Å². The second-order valence-electron chi connectivity index (χ2n) is 3.20. The van der Waals surface area contributed by atoms with E-state index >= 15 is 0 Å². The first-order valence-electron chi connectivity index (χ1n) is 3.90. The Hall–Kier alpha value is -0.310. The lowest BCUT2D eigenvalue weighted by atomic mass is 10.3. The highest BCUT2D eigenvalue weighted by atomic mass is 32.3. The van der Waals surface area contributed by atoms with Gasteiger partial charge in [-0.1, -0.05) is 0 Å². The van der Waals surface area contributed by atoms with Gasteiger partial charge in [-0.2, -0.15) is 16.8 Å². The van der Waals surface area contributed by atoms with E-state index in [4.69, 9.17) is 9.11 Å². The van der Waals surface area contributed by atoms with Crippen molar-refractivity contribution in [3.63, 3.8) is 0 Å². The maximum Gasteiger partial charge on any atom is 0.397 e. The fourth-order valence-corrected chi connectivity index (χ4v) is 4.16. The van der Waals surface area contributed by atoms with E-state index in [9.17, 15) is 25.3 Å².